The molecule has 0 bridgehead atoms. The van der Waals surface area contributed by atoms with Crippen molar-refractivity contribution < 1.29 is 24.2 Å². The summed E-state index contributed by atoms with van der Waals surface area (Å²) in [4.78, 5) is 22.0. The molecular weight excluding hydrogens is 202 g/mol. The number of nitrogens with one attached hydrogen (secondary N) is 1. The third-order valence-electron chi connectivity index (χ3n) is 1.93. The number of carbonyl (C=O) groups excluding carboxylic acids is 2. The van der Waals surface area contributed by atoms with E-state index in [1.54, 1.807) is 6.92 Å². The predicted molar refractivity (Wildman–Crippen MR) is 52.1 cm³/mol. The summed E-state index contributed by atoms with van der Waals surface area (Å²) in [6.07, 6.45) is 0. The summed E-state index contributed by atoms with van der Waals surface area (Å²) in [6.45, 7) is 2.78. The molecule has 0 aliphatic rings. The lowest BCUT2D eigenvalue weighted by Gasteiger charge is -2.22. The largest absolute Gasteiger partial charge is 0.468 e. The maximum Gasteiger partial charge on any atom is 0.338 e. The van der Waals surface area contributed by atoms with E-state index in [4.69, 9.17) is 0 Å². The SMILES string of the molecule is COC(=O)C(C)NCC(C)(O)C(=O)OC. The minimum Gasteiger partial charge on any atom is -0.468 e. The van der Waals surface area contributed by atoms with Gasteiger partial charge in [0.15, 0.2) is 5.60 Å². The molecule has 0 aliphatic heterocycles. The standard InChI is InChI=1S/C9H17NO5/c1-6(7(11)14-3)10-5-9(2,13)8(12)15-4/h6,10,13H,5H2,1-4H3. The molecule has 88 valence electrons. The number of rotatable bonds is 5. The summed E-state index contributed by atoms with van der Waals surface area (Å²) in [5.41, 5.74) is -1.66. The van der Waals surface area contributed by atoms with Crippen LogP contribution in [0.15, 0.2) is 0 Å². The maximum absolute atomic E-state index is 11.1. The van der Waals surface area contributed by atoms with E-state index < -0.39 is 23.6 Å². The summed E-state index contributed by atoms with van der Waals surface area (Å²) in [6, 6.07) is -0.592. The third-order valence-corrected chi connectivity index (χ3v) is 1.93. The van der Waals surface area contributed by atoms with Crippen LogP contribution in [0.3, 0.4) is 0 Å². The first-order valence-corrected chi connectivity index (χ1v) is 4.47. The predicted octanol–water partition coefficient (Wildman–Crippen LogP) is -0.938. The van der Waals surface area contributed by atoms with Crippen LogP contribution in [0.5, 0.6) is 0 Å². The number of methoxy groups -OCH3 is 2. The van der Waals surface area contributed by atoms with E-state index in [1.807, 2.05) is 0 Å². The molecule has 0 saturated heterocycles. The fourth-order valence-corrected chi connectivity index (χ4v) is 0.904. The van der Waals surface area contributed by atoms with Crippen LogP contribution in [0.1, 0.15) is 13.8 Å². The molecule has 0 amide bonds. The molecule has 0 fully saturated rings. The van der Waals surface area contributed by atoms with Crippen molar-refractivity contribution in [2.24, 2.45) is 0 Å². The smallest absolute Gasteiger partial charge is 0.338 e. The Morgan fingerprint density at radius 3 is 2.33 bits per heavy atom. The van der Waals surface area contributed by atoms with Gasteiger partial charge < -0.3 is 19.9 Å². The molecule has 2 atom stereocenters. The van der Waals surface area contributed by atoms with Gasteiger partial charge >= 0.3 is 11.9 Å². The monoisotopic (exact) mass is 219 g/mol. The lowest BCUT2D eigenvalue weighted by Crippen LogP contribution is -2.49. The average molecular weight is 219 g/mol. The lowest BCUT2D eigenvalue weighted by atomic mass is 10.1. The second-order valence-corrected chi connectivity index (χ2v) is 3.39. The zero-order valence-electron chi connectivity index (χ0n) is 9.36. The van der Waals surface area contributed by atoms with E-state index in [0.717, 1.165) is 0 Å². The summed E-state index contributed by atoms with van der Waals surface area (Å²) in [5.74, 6) is -1.22. The van der Waals surface area contributed by atoms with E-state index in [2.05, 4.69) is 14.8 Å². The van der Waals surface area contributed by atoms with E-state index in [1.165, 1.54) is 21.1 Å². The highest BCUT2D eigenvalue weighted by Crippen LogP contribution is 2.04. The van der Waals surface area contributed by atoms with Crippen molar-refractivity contribution in [3.05, 3.63) is 0 Å². The van der Waals surface area contributed by atoms with Gasteiger partial charge in [-0.05, 0) is 13.8 Å². The van der Waals surface area contributed by atoms with Gasteiger partial charge in [-0.1, -0.05) is 0 Å². The number of carbonyl (C=O) groups is 2. The van der Waals surface area contributed by atoms with Crippen molar-refractivity contribution in [1.82, 2.24) is 5.32 Å². The van der Waals surface area contributed by atoms with Crippen LogP contribution < -0.4 is 5.32 Å². The van der Waals surface area contributed by atoms with Crippen LogP contribution in [0, 0.1) is 0 Å². The normalized spacial score (nSPS) is 16.3. The summed E-state index contributed by atoms with van der Waals surface area (Å²) in [7, 11) is 2.44. The molecule has 0 heterocycles. The highest BCUT2D eigenvalue weighted by Gasteiger charge is 2.32. The van der Waals surface area contributed by atoms with E-state index in [0.29, 0.717) is 0 Å². The minimum absolute atomic E-state index is 0.0874. The zero-order chi connectivity index (χ0) is 12.1. The Morgan fingerprint density at radius 1 is 1.40 bits per heavy atom. The molecule has 0 aromatic carbocycles. The van der Waals surface area contributed by atoms with Gasteiger partial charge in [0, 0.05) is 6.54 Å². The molecule has 2 unspecified atom stereocenters. The van der Waals surface area contributed by atoms with Crippen LogP contribution >= 0.6 is 0 Å². The van der Waals surface area contributed by atoms with Crippen molar-refractivity contribution in [1.29, 1.82) is 0 Å². The van der Waals surface area contributed by atoms with Gasteiger partial charge in [0.05, 0.1) is 14.2 Å². The highest BCUT2D eigenvalue weighted by molar-refractivity contribution is 5.79. The van der Waals surface area contributed by atoms with Crippen molar-refractivity contribution in [3.8, 4) is 0 Å². The number of aliphatic hydroxyl groups is 1. The van der Waals surface area contributed by atoms with Crippen LogP contribution in [0.4, 0.5) is 0 Å². The molecule has 0 spiro atoms. The first kappa shape index (κ1) is 13.9. The van der Waals surface area contributed by atoms with Crippen molar-refractivity contribution in [3.63, 3.8) is 0 Å². The molecule has 0 saturated carbocycles. The Hall–Kier alpha value is -1.14. The Labute approximate surface area is 88.6 Å². The molecule has 6 heteroatoms. The minimum atomic E-state index is -1.66. The van der Waals surface area contributed by atoms with Crippen molar-refractivity contribution in [2.45, 2.75) is 25.5 Å². The zero-order valence-corrected chi connectivity index (χ0v) is 9.36. The number of hydrogen-bond acceptors (Lipinski definition) is 6. The van der Waals surface area contributed by atoms with Gasteiger partial charge in [0.1, 0.15) is 6.04 Å². The molecule has 0 aromatic heterocycles. The summed E-state index contributed by atoms with van der Waals surface area (Å²) in [5, 5.41) is 12.3. The molecule has 0 aliphatic carbocycles. The third kappa shape index (κ3) is 4.26. The fraction of sp³-hybridized carbons (Fsp3) is 0.778. The van der Waals surface area contributed by atoms with Gasteiger partial charge in [-0.2, -0.15) is 0 Å². The fourth-order valence-electron chi connectivity index (χ4n) is 0.904. The summed E-state index contributed by atoms with van der Waals surface area (Å²) >= 11 is 0. The van der Waals surface area contributed by atoms with Gasteiger partial charge in [-0.3, -0.25) is 4.79 Å². The first-order valence-electron chi connectivity index (χ1n) is 4.47. The lowest BCUT2D eigenvalue weighted by molar-refractivity contribution is -0.160. The first-order chi connectivity index (χ1) is 6.85. The second-order valence-electron chi connectivity index (χ2n) is 3.39. The molecule has 0 radical (unpaired) electrons. The van der Waals surface area contributed by atoms with Gasteiger partial charge in [0.25, 0.3) is 0 Å². The van der Waals surface area contributed by atoms with Crippen LogP contribution in [0.2, 0.25) is 0 Å². The maximum atomic E-state index is 11.1. The average Bonchev–Trinajstić information content (AvgIpc) is 2.23. The second kappa shape index (κ2) is 5.67. The Kier molecular flexibility index (Phi) is 5.24. The molecule has 0 aromatic rings. The van der Waals surface area contributed by atoms with Gasteiger partial charge in [-0.15, -0.1) is 0 Å². The van der Waals surface area contributed by atoms with E-state index >= 15 is 0 Å². The Morgan fingerprint density at radius 2 is 1.93 bits per heavy atom. The molecule has 15 heavy (non-hydrogen) atoms. The van der Waals surface area contributed by atoms with E-state index in [9.17, 15) is 14.7 Å². The number of ether oxygens (including phenoxy) is 2. The number of esters is 2. The quantitative estimate of drug-likeness (QED) is 0.581. The molecular formula is C9H17NO5. The Bertz CT molecular complexity index is 239. The van der Waals surface area contributed by atoms with Crippen LogP contribution in [-0.2, 0) is 19.1 Å². The topological polar surface area (TPSA) is 84.9 Å². The Balaban J connectivity index is 4.14. The van der Waals surface area contributed by atoms with Crippen molar-refractivity contribution in [2.75, 3.05) is 20.8 Å². The van der Waals surface area contributed by atoms with Gasteiger partial charge in [-0.25, -0.2) is 4.79 Å². The molecule has 2 N–H and O–H groups in total. The van der Waals surface area contributed by atoms with Crippen LogP contribution in [0.25, 0.3) is 0 Å². The van der Waals surface area contributed by atoms with Gasteiger partial charge in [0.2, 0.25) is 0 Å². The molecule has 0 rings (SSSR count). The number of hydrogen-bond donors (Lipinski definition) is 2. The van der Waals surface area contributed by atoms with Crippen molar-refractivity contribution >= 4 is 11.9 Å². The molecule has 6 nitrogen and oxygen atoms in total. The van der Waals surface area contributed by atoms with E-state index in [-0.39, 0.29) is 6.54 Å². The summed E-state index contributed by atoms with van der Waals surface area (Å²) < 4.78 is 8.85. The van der Waals surface area contributed by atoms with Crippen LogP contribution in [-0.4, -0.2) is 49.5 Å². The highest BCUT2D eigenvalue weighted by atomic mass is 16.5.